The molecule has 1 aromatic heterocycles. The van der Waals surface area contributed by atoms with E-state index in [-0.39, 0.29) is 17.4 Å². The molecule has 0 saturated carbocycles. The minimum absolute atomic E-state index is 0.0124. The normalized spacial score (nSPS) is 16.2. The Labute approximate surface area is 198 Å². The van der Waals surface area contributed by atoms with Gasteiger partial charge in [-0.1, -0.05) is 42.0 Å². The molecule has 0 radical (unpaired) electrons. The molecule has 0 bridgehead atoms. The van der Waals surface area contributed by atoms with Crippen LogP contribution in [0.25, 0.3) is 11.0 Å². The van der Waals surface area contributed by atoms with E-state index in [1.165, 1.54) is 12.0 Å². The third-order valence-electron chi connectivity index (χ3n) is 5.85. The number of aliphatic hydroxyl groups is 1. The minimum Gasteiger partial charge on any atom is -0.503 e. The summed E-state index contributed by atoms with van der Waals surface area (Å²) in [5.41, 5.74) is 2.19. The lowest BCUT2D eigenvalue weighted by Gasteiger charge is -2.27. The smallest absolute Gasteiger partial charge is 0.290 e. The van der Waals surface area contributed by atoms with Gasteiger partial charge in [-0.2, -0.15) is 0 Å². The summed E-state index contributed by atoms with van der Waals surface area (Å²) in [6.07, 6.45) is 0.651. The average Bonchev–Trinajstić information content (AvgIpc) is 3.36. The van der Waals surface area contributed by atoms with Crippen LogP contribution >= 0.6 is 0 Å². The second-order valence-electron chi connectivity index (χ2n) is 8.67. The Bertz CT molecular complexity index is 1250. The van der Waals surface area contributed by atoms with Crippen LogP contribution in [0.15, 0.2) is 64.3 Å². The molecule has 34 heavy (non-hydrogen) atoms. The molecular weight excluding hydrogens is 434 g/mol. The highest BCUT2D eigenvalue weighted by Gasteiger charge is 2.44. The Morgan fingerprint density at radius 3 is 2.65 bits per heavy atom. The number of benzene rings is 2. The number of hydrogen-bond acceptors (Lipinski definition) is 6. The number of rotatable bonds is 9. The van der Waals surface area contributed by atoms with Crippen molar-refractivity contribution in [2.24, 2.45) is 0 Å². The number of nitrogens with zero attached hydrogens (tertiary/aromatic N) is 1. The molecule has 1 aliphatic rings. The van der Waals surface area contributed by atoms with Crippen LogP contribution in [0.2, 0.25) is 0 Å². The van der Waals surface area contributed by atoms with Crippen molar-refractivity contribution in [3.05, 3.63) is 76.8 Å². The SMILES string of the molecule is COc1cccc2cc(C(=O)C3=C(O)C(=O)N(CCCOC(C)C)C3c3cccc(C)c3)oc12. The van der Waals surface area contributed by atoms with E-state index >= 15 is 0 Å². The van der Waals surface area contributed by atoms with Gasteiger partial charge in [0, 0.05) is 18.5 Å². The number of aliphatic hydroxyl groups excluding tert-OH is 1. The number of carbonyl (C=O) groups excluding carboxylic acids is 2. The molecular formula is C27H29NO6. The maximum atomic E-state index is 13.6. The van der Waals surface area contributed by atoms with E-state index in [9.17, 15) is 14.7 Å². The first-order valence-corrected chi connectivity index (χ1v) is 11.3. The Morgan fingerprint density at radius 1 is 1.18 bits per heavy atom. The molecule has 0 saturated heterocycles. The van der Waals surface area contributed by atoms with Crippen LogP contribution in [0.1, 0.15) is 48.0 Å². The van der Waals surface area contributed by atoms with Gasteiger partial charge in [0.05, 0.1) is 24.8 Å². The molecule has 2 aromatic carbocycles. The molecule has 1 atom stereocenters. The first-order valence-electron chi connectivity index (χ1n) is 11.3. The summed E-state index contributed by atoms with van der Waals surface area (Å²) in [5.74, 6) is -1.12. The summed E-state index contributed by atoms with van der Waals surface area (Å²) in [6, 6.07) is 13.8. The van der Waals surface area contributed by atoms with Gasteiger partial charge in [-0.25, -0.2) is 0 Å². The van der Waals surface area contributed by atoms with Gasteiger partial charge in [0.25, 0.3) is 5.91 Å². The van der Waals surface area contributed by atoms with Crippen LogP contribution < -0.4 is 4.74 Å². The highest BCUT2D eigenvalue weighted by Crippen LogP contribution is 2.40. The van der Waals surface area contributed by atoms with E-state index in [1.807, 2.05) is 51.1 Å². The molecule has 7 heteroatoms. The predicted octanol–water partition coefficient (Wildman–Crippen LogP) is 5.14. The first kappa shape index (κ1) is 23.6. The lowest BCUT2D eigenvalue weighted by molar-refractivity contribution is -0.129. The molecule has 0 fully saturated rings. The van der Waals surface area contributed by atoms with Gasteiger partial charge < -0.3 is 23.9 Å². The summed E-state index contributed by atoms with van der Waals surface area (Å²) in [5, 5.41) is 11.5. The summed E-state index contributed by atoms with van der Waals surface area (Å²) < 4.78 is 16.8. The molecule has 1 amide bonds. The second kappa shape index (κ2) is 9.73. The van der Waals surface area contributed by atoms with Crippen LogP contribution in [0, 0.1) is 6.92 Å². The van der Waals surface area contributed by atoms with Crippen LogP contribution in [-0.2, 0) is 9.53 Å². The van der Waals surface area contributed by atoms with Crippen molar-refractivity contribution in [2.75, 3.05) is 20.3 Å². The van der Waals surface area contributed by atoms with Gasteiger partial charge in [-0.05, 0) is 44.9 Å². The van der Waals surface area contributed by atoms with Gasteiger partial charge in [0.15, 0.2) is 22.9 Å². The van der Waals surface area contributed by atoms with Gasteiger partial charge in [-0.3, -0.25) is 9.59 Å². The first-order chi connectivity index (χ1) is 16.3. The summed E-state index contributed by atoms with van der Waals surface area (Å²) in [7, 11) is 1.53. The average molecular weight is 464 g/mol. The number of hydrogen-bond donors (Lipinski definition) is 1. The van der Waals surface area contributed by atoms with Crippen LogP contribution in [-0.4, -0.2) is 48.1 Å². The number of methoxy groups -OCH3 is 1. The van der Waals surface area contributed by atoms with Gasteiger partial charge >= 0.3 is 0 Å². The van der Waals surface area contributed by atoms with Gasteiger partial charge in [0.2, 0.25) is 5.78 Å². The van der Waals surface area contributed by atoms with Crippen molar-refractivity contribution in [3.63, 3.8) is 0 Å². The maximum absolute atomic E-state index is 13.6. The molecule has 4 rings (SSSR count). The molecule has 1 unspecified atom stereocenters. The molecule has 7 nitrogen and oxygen atoms in total. The fourth-order valence-corrected chi connectivity index (χ4v) is 4.30. The van der Waals surface area contributed by atoms with Crippen molar-refractivity contribution in [2.45, 2.75) is 39.3 Å². The third-order valence-corrected chi connectivity index (χ3v) is 5.85. The number of aryl methyl sites for hydroxylation is 1. The Balaban J connectivity index is 1.73. The van der Waals surface area contributed by atoms with E-state index in [2.05, 4.69) is 0 Å². The van der Waals surface area contributed by atoms with E-state index in [4.69, 9.17) is 13.9 Å². The second-order valence-corrected chi connectivity index (χ2v) is 8.67. The summed E-state index contributed by atoms with van der Waals surface area (Å²) >= 11 is 0. The quantitative estimate of drug-likeness (QED) is 0.349. The number of furan rings is 1. The van der Waals surface area contributed by atoms with Crippen LogP contribution in [0.5, 0.6) is 5.75 Å². The molecule has 0 aliphatic carbocycles. The number of fused-ring (bicyclic) bond motifs is 1. The van der Waals surface area contributed by atoms with Crippen molar-refractivity contribution < 1.29 is 28.6 Å². The fraction of sp³-hybridized carbons (Fsp3) is 0.333. The van der Waals surface area contributed by atoms with Gasteiger partial charge in [0.1, 0.15) is 0 Å². The zero-order valence-corrected chi connectivity index (χ0v) is 19.8. The zero-order chi connectivity index (χ0) is 24.4. The minimum atomic E-state index is -0.728. The summed E-state index contributed by atoms with van der Waals surface area (Å²) in [4.78, 5) is 28.3. The van der Waals surface area contributed by atoms with E-state index in [0.717, 1.165) is 11.1 Å². The molecule has 1 N–H and O–H groups in total. The van der Waals surface area contributed by atoms with Crippen molar-refractivity contribution in [3.8, 4) is 5.75 Å². The molecule has 3 aromatic rings. The number of Topliss-reactive ketones (excluding diaryl/α,β-unsaturated/α-hetero) is 1. The Hall–Kier alpha value is -3.58. The fourth-order valence-electron chi connectivity index (χ4n) is 4.30. The lowest BCUT2D eigenvalue weighted by atomic mass is 9.94. The third kappa shape index (κ3) is 4.43. The monoisotopic (exact) mass is 463 g/mol. The maximum Gasteiger partial charge on any atom is 0.290 e. The van der Waals surface area contributed by atoms with E-state index in [1.54, 1.807) is 18.2 Å². The Morgan fingerprint density at radius 2 is 1.94 bits per heavy atom. The number of ether oxygens (including phenoxy) is 2. The van der Waals surface area contributed by atoms with Crippen molar-refractivity contribution >= 4 is 22.7 Å². The van der Waals surface area contributed by atoms with E-state index in [0.29, 0.717) is 36.3 Å². The Kier molecular flexibility index (Phi) is 6.75. The zero-order valence-electron chi connectivity index (χ0n) is 19.8. The van der Waals surface area contributed by atoms with Crippen LogP contribution in [0.3, 0.4) is 0 Å². The highest BCUT2D eigenvalue weighted by atomic mass is 16.5. The highest BCUT2D eigenvalue weighted by molar-refractivity contribution is 6.16. The number of carbonyl (C=O) groups is 2. The molecule has 178 valence electrons. The predicted molar refractivity (Wildman–Crippen MR) is 128 cm³/mol. The lowest BCUT2D eigenvalue weighted by Crippen LogP contribution is -2.32. The molecule has 2 heterocycles. The van der Waals surface area contributed by atoms with E-state index < -0.39 is 23.5 Å². The number of amides is 1. The topological polar surface area (TPSA) is 89.2 Å². The van der Waals surface area contributed by atoms with Crippen molar-refractivity contribution in [1.82, 2.24) is 4.90 Å². The van der Waals surface area contributed by atoms with Gasteiger partial charge in [-0.15, -0.1) is 0 Å². The summed E-state index contributed by atoms with van der Waals surface area (Å²) in [6.45, 7) is 6.64. The number of para-hydroxylation sites is 1. The molecule has 0 spiro atoms. The molecule has 1 aliphatic heterocycles. The largest absolute Gasteiger partial charge is 0.503 e. The van der Waals surface area contributed by atoms with Crippen molar-refractivity contribution in [1.29, 1.82) is 0 Å². The van der Waals surface area contributed by atoms with Crippen LogP contribution in [0.4, 0.5) is 0 Å². The number of ketones is 1. The standard InChI is InChI=1S/C27H29NO6/c1-16(2)33-13-7-12-28-23(18-9-5-8-17(3)14-18)22(25(30)27(28)31)24(29)21-15-19-10-6-11-20(32-4)26(19)34-21/h5-6,8-11,14-16,23,30H,7,12-13H2,1-4H3.